The van der Waals surface area contributed by atoms with Gasteiger partial charge >= 0.3 is 6.18 Å². The maximum absolute atomic E-state index is 13.1. The molecule has 1 amide bonds. The molecule has 6 nitrogen and oxygen atoms in total. The zero-order valence-corrected chi connectivity index (χ0v) is 15.5. The number of H-pyrrole nitrogens is 1. The molecule has 30 heavy (non-hydrogen) atoms. The third kappa shape index (κ3) is 5.49. The van der Waals surface area contributed by atoms with Gasteiger partial charge in [0.1, 0.15) is 11.5 Å². The summed E-state index contributed by atoms with van der Waals surface area (Å²) in [6.07, 6.45) is -4.48. The second kappa shape index (κ2) is 8.85. The van der Waals surface area contributed by atoms with Crippen LogP contribution in [-0.4, -0.2) is 21.1 Å². The van der Waals surface area contributed by atoms with E-state index in [9.17, 15) is 27.2 Å². The van der Waals surface area contributed by atoms with E-state index in [1.54, 1.807) is 6.07 Å². The molecule has 10 heteroatoms. The molecule has 156 valence electrons. The zero-order valence-electron chi connectivity index (χ0n) is 15.5. The molecule has 0 spiro atoms. The van der Waals surface area contributed by atoms with Crippen molar-refractivity contribution in [3.63, 3.8) is 0 Å². The Hall–Kier alpha value is -3.56. The van der Waals surface area contributed by atoms with Crippen LogP contribution < -0.4 is 10.9 Å². The van der Waals surface area contributed by atoms with Gasteiger partial charge in [-0.15, -0.1) is 10.2 Å². The molecule has 0 atom stereocenters. The van der Waals surface area contributed by atoms with Crippen molar-refractivity contribution in [2.24, 2.45) is 0 Å². The Kier molecular flexibility index (Phi) is 6.24. The summed E-state index contributed by atoms with van der Waals surface area (Å²) in [4.78, 5) is 26.5. The van der Waals surface area contributed by atoms with Crippen LogP contribution >= 0.6 is 0 Å². The zero-order chi connectivity index (χ0) is 21.7. The van der Waals surface area contributed by atoms with Gasteiger partial charge in [0, 0.05) is 24.9 Å². The fourth-order valence-corrected chi connectivity index (χ4v) is 2.64. The lowest BCUT2D eigenvalue weighted by Gasteiger charge is -2.07. The molecular formula is C20H16F4N4O2. The molecule has 3 aromatic rings. The highest BCUT2D eigenvalue weighted by atomic mass is 19.4. The molecule has 2 N–H and O–H groups in total. The predicted molar refractivity (Wildman–Crippen MR) is 99.7 cm³/mol. The number of aromatic nitrogens is 3. The third-order valence-electron chi connectivity index (χ3n) is 4.22. The van der Waals surface area contributed by atoms with Gasteiger partial charge in [0.15, 0.2) is 5.82 Å². The number of hydrogen-bond acceptors (Lipinski definition) is 4. The number of hydrogen-bond donors (Lipinski definition) is 2. The summed E-state index contributed by atoms with van der Waals surface area (Å²) in [5, 5.41) is 10.2. The lowest BCUT2D eigenvalue weighted by Crippen LogP contribution is -2.25. The molecule has 0 aliphatic carbocycles. The van der Waals surface area contributed by atoms with Crippen molar-refractivity contribution in [2.45, 2.75) is 25.6 Å². The molecule has 1 heterocycles. The highest BCUT2D eigenvalue weighted by molar-refractivity contribution is 5.76. The molecule has 0 radical (unpaired) electrons. The van der Waals surface area contributed by atoms with E-state index in [1.807, 2.05) is 0 Å². The minimum atomic E-state index is -4.46. The normalized spacial score (nSPS) is 11.3. The number of aryl methyl sites for hydroxylation is 1. The van der Waals surface area contributed by atoms with E-state index < -0.39 is 23.1 Å². The van der Waals surface area contributed by atoms with Gasteiger partial charge in [-0.05, 0) is 29.8 Å². The molecule has 0 saturated carbocycles. The first-order valence-corrected chi connectivity index (χ1v) is 8.87. The van der Waals surface area contributed by atoms with E-state index >= 15 is 0 Å². The van der Waals surface area contributed by atoms with Crippen molar-refractivity contribution in [1.29, 1.82) is 0 Å². The van der Waals surface area contributed by atoms with Gasteiger partial charge in [0.05, 0.1) is 5.56 Å². The molecule has 0 bridgehead atoms. The number of carbonyl (C=O) groups is 1. The Morgan fingerprint density at radius 1 is 1.07 bits per heavy atom. The fourth-order valence-electron chi connectivity index (χ4n) is 2.64. The maximum Gasteiger partial charge on any atom is 0.416 e. The van der Waals surface area contributed by atoms with Crippen LogP contribution in [-0.2, 0) is 23.9 Å². The van der Waals surface area contributed by atoms with E-state index in [4.69, 9.17) is 0 Å². The average molecular weight is 420 g/mol. The molecule has 0 fully saturated rings. The number of carbonyl (C=O) groups excluding carboxylic acids is 1. The Balaban J connectivity index is 1.59. The Morgan fingerprint density at radius 3 is 2.43 bits per heavy atom. The summed E-state index contributed by atoms with van der Waals surface area (Å²) >= 11 is 0. The molecule has 0 aliphatic heterocycles. The van der Waals surface area contributed by atoms with Crippen molar-refractivity contribution < 1.29 is 22.4 Å². The van der Waals surface area contributed by atoms with Gasteiger partial charge in [0.25, 0.3) is 5.56 Å². The van der Waals surface area contributed by atoms with Crippen LogP contribution in [0.5, 0.6) is 0 Å². The molecule has 0 aliphatic rings. The molecule has 0 unspecified atom stereocenters. The lowest BCUT2D eigenvalue weighted by molar-refractivity contribution is -0.137. The lowest BCUT2D eigenvalue weighted by atomic mass is 10.1. The number of amides is 1. The second-order valence-electron chi connectivity index (χ2n) is 6.43. The van der Waals surface area contributed by atoms with Crippen molar-refractivity contribution in [3.8, 4) is 11.4 Å². The van der Waals surface area contributed by atoms with Gasteiger partial charge in [-0.25, -0.2) is 4.39 Å². The number of rotatable bonds is 6. The van der Waals surface area contributed by atoms with E-state index in [-0.39, 0.29) is 42.4 Å². The first kappa shape index (κ1) is 21.2. The summed E-state index contributed by atoms with van der Waals surface area (Å²) in [6, 6.07) is 9.92. The van der Waals surface area contributed by atoms with E-state index in [2.05, 4.69) is 20.5 Å². The van der Waals surface area contributed by atoms with E-state index in [1.165, 1.54) is 30.3 Å². The summed E-state index contributed by atoms with van der Waals surface area (Å²) in [6.45, 7) is 0.144. The van der Waals surface area contributed by atoms with Crippen LogP contribution in [0.25, 0.3) is 11.4 Å². The van der Waals surface area contributed by atoms with Crippen molar-refractivity contribution in [2.75, 3.05) is 0 Å². The number of aromatic amines is 1. The monoisotopic (exact) mass is 420 g/mol. The number of nitrogens with zero attached hydrogens (tertiary/aromatic N) is 2. The van der Waals surface area contributed by atoms with E-state index in [0.29, 0.717) is 5.56 Å². The SMILES string of the molecule is O=C(CCc1nnc(-c2ccc(C(F)(F)F)cc2)[nH]c1=O)NCc1cccc(F)c1. The second-order valence-corrected chi connectivity index (χ2v) is 6.43. The van der Waals surface area contributed by atoms with Crippen LogP contribution in [0.1, 0.15) is 23.2 Å². The average Bonchev–Trinajstić information content (AvgIpc) is 2.71. The van der Waals surface area contributed by atoms with Crippen molar-refractivity contribution in [1.82, 2.24) is 20.5 Å². The van der Waals surface area contributed by atoms with Crippen LogP contribution in [0, 0.1) is 5.82 Å². The largest absolute Gasteiger partial charge is 0.416 e. The topological polar surface area (TPSA) is 87.7 Å². The summed E-state index contributed by atoms with van der Waals surface area (Å²) in [5.74, 6) is -0.739. The Bertz CT molecular complexity index is 1090. The van der Waals surface area contributed by atoms with Crippen LogP contribution in [0.4, 0.5) is 17.6 Å². The maximum atomic E-state index is 13.1. The Morgan fingerprint density at radius 2 is 1.80 bits per heavy atom. The van der Waals surface area contributed by atoms with Crippen molar-refractivity contribution in [3.05, 3.63) is 81.5 Å². The smallest absolute Gasteiger partial charge is 0.352 e. The van der Waals surface area contributed by atoms with Gasteiger partial charge < -0.3 is 10.3 Å². The molecule has 2 aromatic carbocycles. The molecule has 0 saturated heterocycles. The fraction of sp³-hybridized carbons (Fsp3) is 0.200. The minimum Gasteiger partial charge on any atom is -0.352 e. The van der Waals surface area contributed by atoms with Crippen LogP contribution in [0.15, 0.2) is 53.3 Å². The number of halogens is 4. The summed E-state index contributed by atoms with van der Waals surface area (Å²) in [5.41, 5.74) is -0.513. The van der Waals surface area contributed by atoms with Gasteiger partial charge in [-0.3, -0.25) is 9.59 Å². The standard InChI is InChI=1S/C20H16F4N4O2/c21-15-3-1-2-12(10-15)11-25-17(29)9-8-16-19(30)26-18(28-27-16)13-4-6-14(7-5-13)20(22,23)24/h1-7,10H,8-9,11H2,(H,25,29)(H,26,28,30). The van der Waals surface area contributed by atoms with Gasteiger partial charge in [-0.2, -0.15) is 13.2 Å². The predicted octanol–water partition coefficient (Wildman–Crippen LogP) is 3.24. The minimum absolute atomic E-state index is 0.0185. The number of benzene rings is 2. The molecular weight excluding hydrogens is 404 g/mol. The van der Waals surface area contributed by atoms with Crippen LogP contribution in [0.2, 0.25) is 0 Å². The summed E-state index contributed by atoms with van der Waals surface area (Å²) < 4.78 is 51.0. The first-order valence-electron chi connectivity index (χ1n) is 8.87. The van der Waals surface area contributed by atoms with Crippen LogP contribution in [0.3, 0.4) is 0 Å². The highest BCUT2D eigenvalue weighted by Gasteiger charge is 2.30. The molecule has 1 aromatic heterocycles. The van der Waals surface area contributed by atoms with Gasteiger partial charge in [-0.1, -0.05) is 24.3 Å². The first-order chi connectivity index (χ1) is 14.2. The number of nitrogens with one attached hydrogen (secondary N) is 2. The molecule has 3 rings (SSSR count). The number of alkyl halides is 3. The quantitative estimate of drug-likeness (QED) is 0.600. The Labute approximate surface area is 168 Å². The van der Waals surface area contributed by atoms with Crippen molar-refractivity contribution >= 4 is 5.91 Å². The highest BCUT2D eigenvalue weighted by Crippen LogP contribution is 2.30. The summed E-state index contributed by atoms with van der Waals surface area (Å²) in [7, 11) is 0. The van der Waals surface area contributed by atoms with Gasteiger partial charge in [0.2, 0.25) is 5.91 Å². The third-order valence-corrected chi connectivity index (χ3v) is 4.22. The van der Waals surface area contributed by atoms with E-state index in [0.717, 1.165) is 12.1 Å².